The Bertz CT molecular complexity index is 395. The smallest absolute Gasteiger partial charge is 0.129 e. The van der Waals surface area contributed by atoms with E-state index in [2.05, 4.69) is 25.9 Å². The van der Waals surface area contributed by atoms with Gasteiger partial charge in [0.05, 0.1) is 11.0 Å². The number of halogens is 2. The summed E-state index contributed by atoms with van der Waals surface area (Å²) < 4.78 is 0.907. The summed E-state index contributed by atoms with van der Waals surface area (Å²) in [5.74, 6) is 0. The van der Waals surface area contributed by atoms with Gasteiger partial charge in [0.15, 0.2) is 0 Å². The maximum Gasteiger partial charge on any atom is 0.129 e. The first kappa shape index (κ1) is 11.4. The van der Waals surface area contributed by atoms with Crippen molar-refractivity contribution < 1.29 is 0 Å². The minimum absolute atomic E-state index is 0.488. The summed E-state index contributed by atoms with van der Waals surface area (Å²) >= 11 is 9.03. The van der Waals surface area contributed by atoms with Crippen LogP contribution in [0.1, 0.15) is 13.8 Å². The second-order valence-corrected chi connectivity index (χ2v) is 3.63. The first-order valence-corrected chi connectivity index (χ1v) is 5.50. The Morgan fingerprint density at radius 2 is 1.93 bits per heavy atom. The lowest BCUT2D eigenvalue weighted by molar-refractivity contribution is 1.32. The van der Waals surface area contributed by atoms with Crippen molar-refractivity contribution in [2.24, 2.45) is 0 Å². The Balaban J connectivity index is 0.000000461. The molecule has 0 amide bonds. The van der Waals surface area contributed by atoms with Gasteiger partial charge in [-0.15, -0.1) is 0 Å². The van der Waals surface area contributed by atoms with Gasteiger partial charge in [0, 0.05) is 10.7 Å². The molecule has 2 aromatic heterocycles. The van der Waals surface area contributed by atoms with Crippen molar-refractivity contribution in [3.63, 3.8) is 0 Å². The highest BCUT2D eigenvalue weighted by Gasteiger charge is 1.97. The molecule has 2 aromatic rings. The summed E-state index contributed by atoms with van der Waals surface area (Å²) in [7, 11) is 0. The van der Waals surface area contributed by atoms with Crippen molar-refractivity contribution in [2.45, 2.75) is 13.8 Å². The summed E-state index contributed by atoms with van der Waals surface area (Å²) in [6.07, 6.45) is 1.73. The molecule has 0 unspecified atom stereocenters. The molecule has 0 aliphatic rings. The van der Waals surface area contributed by atoms with Crippen LogP contribution in [0, 0.1) is 0 Å². The Kier molecular flexibility index (Phi) is 4.29. The monoisotopic (exact) mass is 272 g/mol. The topological polar surface area (TPSA) is 25.8 Å². The Morgan fingerprint density at radius 1 is 1.21 bits per heavy atom. The molecule has 74 valence electrons. The third-order valence-corrected chi connectivity index (χ3v) is 2.11. The van der Waals surface area contributed by atoms with Gasteiger partial charge in [0.1, 0.15) is 5.15 Å². The van der Waals surface area contributed by atoms with Gasteiger partial charge < -0.3 is 0 Å². The molecular formula is C10H10BrClN2. The molecule has 0 saturated carbocycles. The summed E-state index contributed by atoms with van der Waals surface area (Å²) in [5.41, 5.74) is 1.65. The fourth-order valence-electron chi connectivity index (χ4n) is 0.957. The maximum atomic E-state index is 5.72. The van der Waals surface area contributed by atoms with Crippen LogP contribution in [0.2, 0.25) is 5.15 Å². The standard InChI is InChI=1S/C8H4BrClN2.C2H6/c9-5-3-7-6(11-4-5)1-2-8(10)12-7;1-2/h1-4H;1-2H3. The highest BCUT2D eigenvalue weighted by molar-refractivity contribution is 9.10. The van der Waals surface area contributed by atoms with Crippen molar-refractivity contribution >= 4 is 38.6 Å². The minimum Gasteiger partial charge on any atom is -0.253 e. The zero-order chi connectivity index (χ0) is 10.6. The number of hydrogen-bond donors (Lipinski definition) is 0. The lowest BCUT2D eigenvalue weighted by Gasteiger charge is -1.96. The predicted octanol–water partition coefficient (Wildman–Crippen LogP) is 4.07. The van der Waals surface area contributed by atoms with Gasteiger partial charge in [-0.05, 0) is 34.1 Å². The molecule has 0 aliphatic carbocycles. The van der Waals surface area contributed by atoms with Crippen molar-refractivity contribution in [3.05, 3.63) is 34.0 Å². The van der Waals surface area contributed by atoms with E-state index in [0.717, 1.165) is 15.5 Å². The molecule has 2 rings (SSSR count). The van der Waals surface area contributed by atoms with E-state index >= 15 is 0 Å². The summed E-state index contributed by atoms with van der Waals surface area (Å²) in [5, 5.41) is 0.488. The zero-order valence-corrected chi connectivity index (χ0v) is 10.3. The van der Waals surface area contributed by atoms with Crippen LogP contribution in [0.5, 0.6) is 0 Å². The molecule has 14 heavy (non-hydrogen) atoms. The molecule has 2 nitrogen and oxygen atoms in total. The molecule has 0 fully saturated rings. The maximum absolute atomic E-state index is 5.72. The van der Waals surface area contributed by atoms with Crippen molar-refractivity contribution in [1.29, 1.82) is 0 Å². The number of rotatable bonds is 0. The fraction of sp³-hybridized carbons (Fsp3) is 0.200. The zero-order valence-electron chi connectivity index (χ0n) is 7.96. The SMILES string of the molecule is CC.Clc1ccc2ncc(Br)cc2n1. The first-order valence-electron chi connectivity index (χ1n) is 4.33. The highest BCUT2D eigenvalue weighted by Crippen LogP contribution is 2.17. The van der Waals surface area contributed by atoms with Crippen LogP contribution < -0.4 is 0 Å². The van der Waals surface area contributed by atoms with Crippen LogP contribution in [0.4, 0.5) is 0 Å². The van der Waals surface area contributed by atoms with Crippen LogP contribution in [0.15, 0.2) is 28.9 Å². The van der Waals surface area contributed by atoms with E-state index in [-0.39, 0.29) is 0 Å². The van der Waals surface area contributed by atoms with Crippen molar-refractivity contribution in [1.82, 2.24) is 9.97 Å². The van der Waals surface area contributed by atoms with Crippen molar-refractivity contribution in [2.75, 3.05) is 0 Å². The van der Waals surface area contributed by atoms with Gasteiger partial charge in [-0.25, -0.2) is 4.98 Å². The van der Waals surface area contributed by atoms with Gasteiger partial charge in [-0.3, -0.25) is 4.98 Å². The van der Waals surface area contributed by atoms with E-state index in [9.17, 15) is 0 Å². The van der Waals surface area contributed by atoms with E-state index in [1.807, 2.05) is 26.0 Å². The molecule has 0 atom stereocenters. The molecule has 0 radical (unpaired) electrons. The van der Waals surface area contributed by atoms with Crippen LogP contribution >= 0.6 is 27.5 Å². The van der Waals surface area contributed by atoms with Crippen LogP contribution in [-0.4, -0.2) is 9.97 Å². The predicted molar refractivity (Wildman–Crippen MR) is 63.6 cm³/mol. The number of aromatic nitrogens is 2. The van der Waals surface area contributed by atoms with Crippen LogP contribution in [-0.2, 0) is 0 Å². The second kappa shape index (κ2) is 5.27. The van der Waals surface area contributed by atoms with Crippen molar-refractivity contribution in [3.8, 4) is 0 Å². The average Bonchev–Trinajstić information content (AvgIpc) is 2.20. The Morgan fingerprint density at radius 3 is 2.64 bits per heavy atom. The van der Waals surface area contributed by atoms with E-state index < -0.39 is 0 Å². The van der Waals surface area contributed by atoms with Crippen LogP contribution in [0.25, 0.3) is 11.0 Å². The van der Waals surface area contributed by atoms with Crippen LogP contribution in [0.3, 0.4) is 0 Å². The minimum atomic E-state index is 0.488. The summed E-state index contributed by atoms with van der Waals surface area (Å²) in [4.78, 5) is 8.26. The van der Waals surface area contributed by atoms with Gasteiger partial charge in [0.2, 0.25) is 0 Å². The molecule has 4 heteroatoms. The molecular weight excluding hydrogens is 263 g/mol. The van der Waals surface area contributed by atoms with Gasteiger partial charge >= 0.3 is 0 Å². The molecule has 0 aliphatic heterocycles. The largest absolute Gasteiger partial charge is 0.253 e. The first-order chi connectivity index (χ1) is 6.75. The van der Waals surface area contributed by atoms with E-state index in [4.69, 9.17) is 11.6 Å². The van der Waals surface area contributed by atoms with Gasteiger partial charge in [-0.2, -0.15) is 0 Å². The van der Waals surface area contributed by atoms with Gasteiger partial charge in [0.25, 0.3) is 0 Å². The Labute approximate surface area is 96.5 Å². The number of fused-ring (bicyclic) bond motifs is 1. The molecule has 0 saturated heterocycles. The third-order valence-electron chi connectivity index (χ3n) is 1.47. The quantitative estimate of drug-likeness (QED) is 0.676. The number of nitrogens with zero attached hydrogens (tertiary/aromatic N) is 2. The third kappa shape index (κ3) is 2.66. The summed E-state index contributed by atoms with van der Waals surface area (Å²) in [6.45, 7) is 4.00. The van der Waals surface area contributed by atoms with E-state index in [1.54, 1.807) is 12.3 Å². The van der Waals surface area contributed by atoms with E-state index in [1.165, 1.54) is 0 Å². The Hall–Kier alpha value is -0.670. The van der Waals surface area contributed by atoms with E-state index in [0.29, 0.717) is 5.15 Å². The molecule has 0 spiro atoms. The molecule has 0 bridgehead atoms. The second-order valence-electron chi connectivity index (χ2n) is 2.33. The lowest BCUT2D eigenvalue weighted by Crippen LogP contribution is -1.82. The summed E-state index contributed by atoms with van der Waals surface area (Å²) in [6, 6.07) is 5.45. The van der Waals surface area contributed by atoms with Gasteiger partial charge in [-0.1, -0.05) is 25.4 Å². The normalized spacial score (nSPS) is 9.43. The lowest BCUT2D eigenvalue weighted by atomic mass is 10.3. The molecule has 0 N–H and O–H groups in total. The number of hydrogen-bond acceptors (Lipinski definition) is 2. The average molecular weight is 274 g/mol. The number of pyridine rings is 2. The molecule has 2 heterocycles. The fourth-order valence-corrected chi connectivity index (χ4v) is 1.43. The molecule has 0 aromatic carbocycles. The highest BCUT2D eigenvalue weighted by atomic mass is 79.9.